The van der Waals surface area contributed by atoms with Gasteiger partial charge in [0, 0.05) is 43.8 Å². The molecule has 34 heavy (non-hydrogen) atoms. The van der Waals surface area contributed by atoms with Gasteiger partial charge in [0.15, 0.2) is 0 Å². The Kier molecular flexibility index (Phi) is 8.39. The zero-order valence-corrected chi connectivity index (χ0v) is 20.8. The molecule has 3 aromatic rings. The Morgan fingerprint density at radius 2 is 1.47 bits per heavy atom. The molecule has 1 aliphatic rings. The maximum atomic E-state index is 12.3. The Morgan fingerprint density at radius 3 is 2.12 bits per heavy atom. The number of rotatable bonds is 8. The highest BCUT2D eigenvalue weighted by Crippen LogP contribution is 2.24. The van der Waals surface area contributed by atoms with Crippen LogP contribution in [0.2, 0.25) is 5.02 Å². The molecule has 5 heteroatoms. The summed E-state index contributed by atoms with van der Waals surface area (Å²) in [6.45, 7) is 8.88. The molecule has 1 unspecified atom stereocenters. The van der Waals surface area contributed by atoms with E-state index in [1.165, 1.54) is 22.3 Å². The highest BCUT2D eigenvalue weighted by Gasteiger charge is 2.29. The Hall–Kier alpha value is -2.66. The van der Waals surface area contributed by atoms with E-state index in [1.807, 2.05) is 31.2 Å². The van der Waals surface area contributed by atoms with E-state index in [4.69, 9.17) is 16.3 Å². The van der Waals surface area contributed by atoms with Gasteiger partial charge < -0.3 is 4.74 Å². The van der Waals surface area contributed by atoms with Gasteiger partial charge in [-0.15, -0.1) is 0 Å². The van der Waals surface area contributed by atoms with Gasteiger partial charge in [-0.25, -0.2) is 0 Å². The van der Waals surface area contributed by atoms with Crippen LogP contribution in [0.3, 0.4) is 0 Å². The molecule has 0 saturated carbocycles. The Labute approximate surface area is 208 Å². The molecule has 0 aliphatic carbocycles. The molecule has 178 valence electrons. The molecule has 0 aromatic heterocycles. The van der Waals surface area contributed by atoms with Gasteiger partial charge in [0.25, 0.3) is 0 Å². The van der Waals surface area contributed by atoms with Crippen LogP contribution in [-0.2, 0) is 22.6 Å². The van der Waals surface area contributed by atoms with Crippen LogP contribution < -0.4 is 0 Å². The molecule has 0 radical (unpaired) electrons. The summed E-state index contributed by atoms with van der Waals surface area (Å²) in [7, 11) is 0. The predicted molar refractivity (Wildman–Crippen MR) is 139 cm³/mol. The monoisotopic (exact) mass is 476 g/mol. The molecule has 4 rings (SSSR count). The average Bonchev–Trinajstić information content (AvgIpc) is 2.83. The Bertz CT molecular complexity index is 1060. The molecule has 1 heterocycles. The van der Waals surface area contributed by atoms with Crippen LogP contribution in [-0.4, -0.2) is 48.1 Å². The van der Waals surface area contributed by atoms with Crippen molar-refractivity contribution in [3.05, 3.63) is 94.5 Å². The summed E-state index contributed by atoms with van der Waals surface area (Å²) in [6, 6.07) is 25.5. The number of carbonyl (C=O) groups excluding carboxylic acids is 1. The van der Waals surface area contributed by atoms with Crippen LogP contribution >= 0.6 is 11.6 Å². The van der Waals surface area contributed by atoms with Gasteiger partial charge in [-0.2, -0.15) is 0 Å². The molecule has 0 spiro atoms. The zero-order chi connectivity index (χ0) is 23.9. The maximum absolute atomic E-state index is 12.3. The largest absolute Gasteiger partial charge is 0.466 e. The van der Waals surface area contributed by atoms with Crippen molar-refractivity contribution in [3.8, 4) is 11.1 Å². The standard InChI is InChI=1S/C29H33ClN2O2/c1-3-34-29(33)18-28-21-31(16-17-32(28)20-24-6-4-22(2)5-7-24)19-23-8-10-25(11-9-23)26-12-14-27(30)15-13-26/h4-15,28H,3,16-21H2,1-2H3. The van der Waals surface area contributed by atoms with Gasteiger partial charge in [0.05, 0.1) is 13.0 Å². The average molecular weight is 477 g/mol. The zero-order valence-electron chi connectivity index (χ0n) is 20.0. The van der Waals surface area contributed by atoms with Crippen molar-refractivity contribution in [3.63, 3.8) is 0 Å². The first-order chi connectivity index (χ1) is 16.5. The van der Waals surface area contributed by atoms with E-state index in [0.717, 1.165) is 43.3 Å². The van der Waals surface area contributed by atoms with Gasteiger partial charge in [0.1, 0.15) is 0 Å². The summed E-state index contributed by atoms with van der Waals surface area (Å²) in [6.07, 6.45) is 0.422. The fraction of sp³-hybridized carbons (Fsp3) is 0.345. The molecule has 0 bridgehead atoms. The van der Waals surface area contributed by atoms with E-state index >= 15 is 0 Å². The number of nitrogens with zero attached hydrogens (tertiary/aromatic N) is 2. The van der Waals surface area contributed by atoms with Crippen molar-refractivity contribution < 1.29 is 9.53 Å². The smallest absolute Gasteiger partial charge is 0.307 e. The quantitative estimate of drug-likeness (QED) is 0.376. The SMILES string of the molecule is CCOC(=O)CC1CN(Cc2ccc(-c3ccc(Cl)cc3)cc2)CCN1Cc1ccc(C)cc1. The minimum atomic E-state index is -0.115. The first-order valence-electron chi connectivity index (χ1n) is 12.0. The summed E-state index contributed by atoms with van der Waals surface area (Å²) in [5, 5.41) is 0.749. The first kappa shape index (κ1) is 24.5. The van der Waals surface area contributed by atoms with Gasteiger partial charge in [0.2, 0.25) is 0 Å². The van der Waals surface area contributed by atoms with Crippen molar-refractivity contribution >= 4 is 17.6 Å². The fourth-order valence-electron chi connectivity index (χ4n) is 4.55. The van der Waals surface area contributed by atoms with Crippen molar-refractivity contribution in [2.45, 2.75) is 39.4 Å². The lowest BCUT2D eigenvalue weighted by atomic mass is 10.0. The highest BCUT2D eigenvalue weighted by atomic mass is 35.5. The van der Waals surface area contributed by atoms with Gasteiger partial charge >= 0.3 is 5.97 Å². The van der Waals surface area contributed by atoms with Gasteiger partial charge in [-0.3, -0.25) is 14.6 Å². The second-order valence-electron chi connectivity index (χ2n) is 9.06. The summed E-state index contributed by atoms with van der Waals surface area (Å²) < 4.78 is 5.28. The molecule has 1 saturated heterocycles. The normalized spacial score (nSPS) is 17.0. The number of benzene rings is 3. The molecule has 1 fully saturated rings. The predicted octanol–water partition coefficient (Wildman–Crippen LogP) is 5.96. The van der Waals surface area contributed by atoms with Gasteiger partial charge in [-0.1, -0.05) is 77.8 Å². The van der Waals surface area contributed by atoms with E-state index in [0.29, 0.717) is 13.0 Å². The molecular weight excluding hydrogens is 444 g/mol. The second kappa shape index (κ2) is 11.7. The van der Waals surface area contributed by atoms with Crippen molar-refractivity contribution in [2.75, 3.05) is 26.2 Å². The topological polar surface area (TPSA) is 32.8 Å². The Balaban J connectivity index is 1.41. The summed E-state index contributed by atoms with van der Waals surface area (Å²) in [5.74, 6) is -0.115. The molecular formula is C29H33ClN2O2. The second-order valence-corrected chi connectivity index (χ2v) is 9.49. The number of piperazine rings is 1. The first-order valence-corrected chi connectivity index (χ1v) is 12.4. The number of hydrogen-bond donors (Lipinski definition) is 0. The van der Waals surface area contributed by atoms with Crippen LogP contribution in [0.5, 0.6) is 0 Å². The molecule has 0 amide bonds. The van der Waals surface area contributed by atoms with E-state index in [1.54, 1.807) is 0 Å². The van der Waals surface area contributed by atoms with Crippen LogP contribution in [0.15, 0.2) is 72.8 Å². The lowest BCUT2D eigenvalue weighted by molar-refractivity contribution is -0.145. The van der Waals surface area contributed by atoms with E-state index < -0.39 is 0 Å². The number of esters is 1. The third kappa shape index (κ3) is 6.69. The van der Waals surface area contributed by atoms with E-state index in [9.17, 15) is 4.79 Å². The van der Waals surface area contributed by atoms with E-state index in [2.05, 4.69) is 65.3 Å². The van der Waals surface area contributed by atoms with Crippen LogP contribution in [0.1, 0.15) is 30.0 Å². The molecule has 4 nitrogen and oxygen atoms in total. The summed E-state index contributed by atoms with van der Waals surface area (Å²) >= 11 is 6.02. The third-order valence-electron chi connectivity index (χ3n) is 6.44. The number of ether oxygens (including phenoxy) is 1. The van der Waals surface area contributed by atoms with Crippen LogP contribution in [0.25, 0.3) is 11.1 Å². The molecule has 3 aromatic carbocycles. The summed E-state index contributed by atoms with van der Waals surface area (Å²) in [5.41, 5.74) is 6.17. The van der Waals surface area contributed by atoms with E-state index in [-0.39, 0.29) is 12.0 Å². The molecule has 1 aliphatic heterocycles. The van der Waals surface area contributed by atoms with Crippen LogP contribution in [0.4, 0.5) is 0 Å². The third-order valence-corrected chi connectivity index (χ3v) is 6.69. The Morgan fingerprint density at radius 1 is 0.882 bits per heavy atom. The molecule has 1 atom stereocenters. The number of halogens is 1. The van der Waals surface area contributed by atoms with Gasteiger partial charge in [-0.05, 0) is 48.2 Å². The van der Waals surface area contributed by atoms with Crippen molar-refractivity contribution in [1.29, 1.82) is 0 Å². The lowest BCUT2D eigenvalue weighted by Gasteiger charge is -2.41. The number of hydrogen-bond acceptors (Lipinski definition) is 4. The van der Waals surface area contributed by atoms with Crippen molar-refractivity contribution in [1.82, 2.24) is 9.80 Å². The molecule has 0 N–H and O–H groups in total. The fourth-order valence-corrected chi connectivity index (χ4v) is 4.67. The van der Waals surface area contributed by atoms with Crippen LogP contribution in [0, 0.1) is 6.92 Å². The minimum absolute atomic E-state index is 0.115. The lowest BCUT2D eigenvalue weighted by Crippen LogP contribution is -2.53. The maximum Gasteiger partial charge on any atom is 0.307 e. The number of aryl methyl sites for hydroxylation is 1. The van der Waals surface area contributed by atoms with Crippen molar-refractivity contribution in [2.24, 2.45) is 0 Å². The minimum Gasteiger partial charge on any atom is -0.466 e. The highest BCUT2D eigenvalue weighted by molar-refractivity contribution is 6.30. The summed E-state index contributed by atoms with van der Waals surface area (Å²) in [4.78, 5) is 17.2. The number of carbonyl (C=O) groups is 1.